The number of amides is 1. The lowest BCUT2D eigenvalue weighted by atomic mass is 10.1. The molecule has 0 N–H and O–H groups in total. The van der Waals surface area contributed by atoms with Crippen LogP contribution in [0, 0.1) is 5.92 Å². The molecule has 120 valence electrons. The fourth-order valence-electron chi connectivity index (χ4n) is 2.81. The number of benzene rings is 1. The van der Waals surface area contributed by atoms with Crippen molar-refractivity contribution in [1.82, 2.24) is 4.90 Å². The van der Waals surface area contributed by atoms with Gasteiger partial charge in [0.25, 0.3) is 0 Å². The highest BCUT2D eigenvalue weighted by atomic mass is 35.5. The molecule has 1 aliphatic heterocycles. The first-order chi connectivity index (χ1) is 10.6. The third-order valence-corrected chi connectivity index (χ3v) is 4.81. The first-order valence-corrected chi connectivity index (χ1v) is 8.27. The van der Waals surface area contributed by atoms with E-state index in [4.69, 9.17) is 21.1 Å². The van der Waals surface area contributed by atoms with Crippen LogP contribution in [0.3, 0.4) is 0 Å². The molecule has 0 spiro atoms. The van der Waals surface area contributed by atoms with Gasteiger partial charge in [0.15, 0.2) is 11.5 Å². The van der Waals surface area contributed by atoms with E-state index in [1.54, 1.807) is 0 Å². The van der Waals surface area contributed by atoms with Gasteiger partial charge in [-0.05, 0) is 43.4 Å². The molecule has 1 aromatic carbocycles. The molecule has 0 bridgehead atoms. The molecule has 2 aliphatic rings. The van der Waals surface area contributed by atoms with E-state index in [0.717, 1.165) is 12.0 Å². The Morgan fingerprint density at radius 3 is 2.82 bits per heavy atom. The van der Waals surface area contributed by atoms with Crippen molar-refractivity contribution >= 4 is 17.5 Å². The average Bonchev–Trinajstić information content (AvgIpc) is 3.32. The third-order valence-electron chi connectivity index (χ3n) is 4.53. The highest BCUT2D eigenvalue weighted by molar-refractivity contribution is 6.32. The summed E-state index contributed by atoms with van der Waals surface area (Å²) in [5.74, 6) is 2.02. The van der Waals surface area contributed by atoms with Crippen molar-refractivity contribution in [1.29, 1.82) is 0 Å². The van der Waals surface area contributed by atoms with Gasteiger partial charge in [0.2, 0.25) is 5.91 Å². The van der Waals surface area contributed by atoms with Crippen LogP contribution < -0.4 is 9.47 Å². The lowest BCUT2D eigenvalue weighted by Gasteiger charge is -2.25. The number of fused-ring (bicyclic) bond motifs is 1. The second-order valence-corrected chi connectivity index (χ2v) is 6.62. The second kappa shape index (κ2) is 6.37. The SMILES string of the molecule is C[C@@H](C1CC1)N(C)C(=O)Cc1cc(Cl)c2c(c1)OCCCO2. The number of halogens is 1. The molecule has 1 fully saturated rings. The van der Waals surface area contributed by atoms with Crippen molar-refractivity contribution in [2.24, 2.45) is 5.92 Å². The Hall–Kier alpha value is -1.42. The number of ether oxygens (including phenoxy) is 2. The molecular formula is C17H22ClNO3. The summed E-state index contributed by atoms with van der Waals surface area (Å²) in [7, 11) is 1.88. The van der Waals surface area contributed by atoms with Crippen molar-refractivity contribution in [3.8, 4) is 11.5 Å². The molecule has 5 heteroatoms. The minimum Gasteiger partial charge on any atom is -0.489 e. The Balaban J connectivity index is 1.73. The van der Waals surface area contributed by atoms with E-state index in [1.807, 2.05) is 24.1 Å². The molecule has 0 aromatic heterocycles. The second-order valence-electron chi connectivity index (χ2n) is 6.21. The van der Waals surface area contributed by atoms with Gasteiger partial charge in [0, 0.05) is 19.5 Å². The van der Waals surface area contributed by atoms with Gasteiger partial charge in [-0.3, -0.25) is 4.79 Å². The zero-order valence-electron chi connectivity index (χ0n) is 13.1. The van der Waals surface area contributed by atoms with Crippen LogP contribution in [0.4, 0.5) is 0 Å². The summed E-state index contributed by atoms with van der Waals surface area (Å²) in [5.41, 5.74) is 0.870. The molecule has 1 atom stereocenters. The predicted molar refractivity (Wildman–Crippen MR) is 85.7 cm³/mol. The van der Waals surface area contributed by atoms with Crippen LogP contribution in [-0.4, -0.2) is 37.1 Å². The van der Waals surface area contributed by atoms with Crippen molar-refractivity contribution in [2.45, 2.75) is 38.6 Å². The van der Waals surface area contributed by atoms with E-state index >= 15 is 0 Å². The van der Waals surface area contributed by atoms with Gasteiger partial charge in [-0.15, -0.1) is 0 Å². The van der Waals surface area contributed by atoms with Gasteiger partial charge in [-0.25, -0.2) is 0 Å². The van der Waals surface area contributed by atoms with E-state index in [1.165, 1.54) is 12.8 Å². The molecule has 0 unspecified atom stereocenters. The van der Waals surface area contributed by atoms with Crippen molar-refractivity contribution in [2.75, 3.05) is 20.3 Å². The highest BCUT2D eigenvalue weighted by Crippen LogP contribution is 2.38. The zero-order chi connectivity index (χ0) is 15.7. The number of hydrogen-bond donors (Lipinski definition) is 0. The molecule has 0 radical (unpaired) electrons. The lowest BCUT2D eigenvalue weighted by Crippen LogP contribution is -2.37. The van der Waals surface area contributed by atoms with Gasteiger partial charge < -0.3 is 14.4 Å². The van der Waals surface area contributed by atoms with E-state index in [2.05, 4.69) is 6.92 Å². The van der Waals surface area contributed by atoms with Gasteiger partial charge in [0.05, 0.1) is 24.7 Å². The molecule has 3 rings (SSSR count). The van der Waals surface area contributed by atoms with Gasteiger partial charge in [-0.2, -0.15) is 0 Å². The standard InChI is InChI=1S/C17H22ClNO3/c1-11(13-4-5-13)19(2)16(20)10-12-8-14(18)17-15(9-12)21-6-3-7-22-17/h8-9,11,13H,3-7,10H2,1-2H3/t11-/m0/s1. The number of rotatable bonds is 4. The monoisotopic (exact) mass is 323 g/mol. The minimum absolute atomic E-state index is 0.116. The van der Waals surface area contributed by atoms with E-state index < -0.39 is 0 Å². The Bertz CT molecular complexity index is 571. The number of likely N-dealkylation sites (N-methyl/N-ethyl adjacent to an activating group) is 1. The fourth-order valence-corrected chi connectivity index (χ4v) is 3.10. The Kier molecular flexibility index (Phi) is 4.48. The fraction of sp³-hybridized carbons (Fsp3) is 0.588. The minimum atomic E-state index is 0.116. The van der Waals surface area contributed by atoms with Gasteiger partial charge >= 0.3 is 0 Å². The van der Waals surface area contributed by atoms with Crippen LogP contribution in [0.5, 0.6) is 11.5 Å². The number of carbonyl (C=O) groups is 1. The predicted octanol–water partition coefficient (Wildman–Crippen LogP) is 3.30. The molecule has 1 saturated carbocycles. The van der Waals surface area contributed by atoms with Gasteiger partial charge in [0.1, 0.15) is 0 Å². The van der Waals surface area contributed by atoms with E-state index in [9.17, 15) is 4.79 Å². The quantitative estimate of drug-likeness (QED) is 0.853. The molecule has 1 heterocycles. The van der Waals surface area contributed by atoms with Crippen molar-refractivity contribution < 1.29 is 14.3 Å². The summed E-state index contributed by atoms with van der Waals surface area (Å²) < 4.78 is 11.3. The largest absolute Gasteiger partial charge is 0.489 e. The third kappa shape index (κ3) is 3.32. The van der Waals surface area contributed by atoms with Gasteiger partial charge in [-0.1, -0.05) is 11.6 Å². The van der Waals surface area contributed by atoms with Crippen LogP contribution in [-0.2, 0) is 11.2 Å². The summed E-state index contributed by atoms with van der Waals surface area (Å²) in [6.07, 6.45) is 3.63. The van der Waals surface area contributed by atoms with Crippen LogP contribution in [0.25, 0.3) is 0 Å². The van der Waals surface area contributed by atoms with E-state index in [0.29, 0.717) is 48.1 Å². The molecule has 1 aliphatic carbocycles. The van der Waals surface area contributed by atoms with Crippen LogP contribution >= 0.6 is 11.6 Å². The molecule has 0 saturated heterocycles. The van der Waals surface area contributed by atoms with Crippen LogP contribution in [0.1, 0.15) is 31.7 Å². The Morgan fingerprint density at radius 2 is 2.09 bits per heavy atom. The molecule has 22 heavy (non-hydrogen) atoms. The average molecular weight is 324 g/mol. The number of hydrogen-bond acceptors (Lipinski definition) is 3. The van der Waals surface area contributed by atoms with Crippen LogP contribution in [0.15, 0.2) is 12.1 Å². The molecule has 1 aromatic rings. The Morgan fingerprint density at radius 1 is 1.36 bits per heavy atom. The maximum Gasteiger partial charge on any atom is 0.226 e. The number of carbonyl (C=O) groups excluding carboxylic acids is 1. The summed E-state index contributed by atoms with van der Waals surface area (Å²) >= 11 is 6.28. The lowest BCUT2D eigenvalue weighted by molar-refractivity contribution is -0.131. The summed E-state index contributed by atoms with van der Waals surface area (Å²) in [6.45, 7) is 3.34. The summed E-state index contributed by atoms with van der Waals surface area (Å²) in [5, 5.41) is 0.514. The topological polar surface area (TPSA) is 38.8 Å². The maximum absolute atomic E-state index is 12.4. The molecule has 4 nitrogen and oxygen atoms in total. The molecule has 1 amide bonds. The maximum atomic E-state index is 12.4. The van der Waals surface area contributed by atoms with E-state index in [-0.39, 0.29) is 5.91 Å². The summed E-state index contributed by atoms with van der Waals surface area (Å²) in [6, 6.07) is 3.99. The highest BCUT2D eigenvalue weighted by Gasteiger charge is 2.32. The normalized spacial score (nSPS) is 18.5. The van der Waals surface area contributed by atoms with Crippen molar-refractivity contribution in [3.63, 3.8) is 0 Å². The smallest absolute Gasteiger partial charge is 0.226 e. The van der Waals surface area contributed by atoms with Crippen LogP contribution in [0.2, 0.25) is 5.02 Å². The first-order valence-electron chi connectivity index (χ1n) is 7.90. The zero-order valence-corrected chi connectivity index (χ0v) is 13.9. The number of nitrogens with zero attached hydrogens (tertiary/aromatic N) is 1. The Labute approximate surface area is 136 Å². The molecular weight excluding hydrogens is 302 g/mol. The summed E-state index contributed by atoms with van der Waals surface area (Å²) in [4.78, 5) is 14.3. The first kappa shape index (κ1) is 15.5. The van der Waals surface area contributed by atoms with Crippen molar-refractivity contribution in [3.05, 3.63) is 22.7 Å².